The molecular formula is C40H76O14P2. The minimum atomic E-state index is -4.86. The summed E-state index contributed by atoms with van der Waals surface area (Å²) in [5.74, 6) is -1.05. The van der Waals surface area contributed by atoms with Crippen LogP contribution in [-0.4, -0.2) is 82.6 Å². The van der Waals surface area contributed by atoms with Crippen molar-refractivity contribution >= 4 is 27.6 Å². The third kappa shape index (κ3) is 33.8. The second-order valence-corrected chi connectivity index (χ2v) is 17.7. The van der Waals surface area contributed by atoms with Crippen LogP contribution in [0.3, 0.4) is 0 Å². The summed E-state index contributed by atoms with van der Waals surface area (Å²) in [6.45, 7) is 1.71. The smallest absolute Gasteiger partial charge is 0.462 e. The second kappa shape index (κ2) is 33.6. The average molecular weight is 843 g/mol. The van der Waals surface area contributed by atoms with Crippen LogP contribution in [0.15, 0.2) is 12.2 Å². The summed E-state index contributed by atoms with van der Waals surface area (Å²) in [5.41, 5.74) is 0. The maximum Gasteiger partial charge on any atom is 0.472 e. The fourth-order valence-corrected chi connectivity index (χ4v) is 7.33. The van der Waals surface area contributed by atoms with Gasteiger partial charge in [-0.15, -0.1) is 0 Å². The number of hydrogen-bond donors (Lipinski definition) is 4. The van der Waals surface area contributed by atoms with E-state index in [1.807, 2.05) is 0 Å². The molecule has 1 heterocycles. The highest BCUT2D eigenvalue weighted by Crippen LogP contribution is 2.44. The van der Waals surface area contributed by atoms with Crippen LogP contribution in [-0.2, 0) is 46.5 Å². The van der Waals surface area contributed by atoms with Crippen LogP contribution in [0.2, 0.25) is 0 Å². The van der Waals surface area contributed by atoms with E-state index in [2.05, 4.69) is 35.0 Å². The lowest BCUT2D eigenvalue weighted by molar-refractivity contribution is -0.161. The zero-order chi connectivity index (χ0) is 41.3. The maximum atomic E-state index is 12.7. The number of ether oxygens (including phenoxy) is 3. The van der Waals surface area contributed by atoms with Crippen molar-refractivity contribution in [2.45, 2.75) is 205 Å². The molecule has 1 rings (SSSR count). The van der Waals surface area contributed by atoms with Crippen LogP contribution < -0.4 is 0 Å². The van der Waals surface area contributed by atoms with Crippen molar-refractivity contribution in [3.05, 3.63) is 12.2 Å². The Hall–Kier alpha value is -1.18. The first-order chi connectivity index (χ1) is 26.8. The highest BCUT2D eigenvalue weighted by atomic mass is 31.2. The number of allylic oxidation sites excluding steroid dienone is 1. The summed E-state index contributed by atoms with van der Waals surface area (Å²) >= 11 is 0. The number of unbranched alkanes of at least 4 members (excludes halogenated alkanes) is 19. The van der Waals surface area contributed by atoms with Gasteiger partial charge in [-0.25, -0.2) is 9.13 Å². The number of hydrogen-bond acceptors (Lipinski definition) is 11. The molecule has 56 heavy (non-hydrogen) atoms. The molecule has 1 aliphatic heterocycles. The number of epoxide rings is 1. The Labute approximate surface area is 337 Å². The third-order valence-corrected chi connectivity index (χ3v) is 11.0. The zero-order valence-electron chi connectivity index (χ0n) is 34.4. The minimum absolute atomic E-state index is 0.112. The van der Waals surface area contributed by atoms with Gasteiger partial charge in [-0.2, -0.15) is 0 Å². The minimum Gasteiger partial charge on any atom is -0.462 e. The van der Waals surface area contributed by atoms with Gasteiger partial charge in [-0.05, 0) is 38.5 Å². The Morgan fingerprint density at radius 2 is 1.11 bits per heavy atom. The summed E-state index contributed by atoms with van der Waals surface area (Å²) in [7, 11) is -9.67. The van der Waals surface area contributed by atoms with Gasteiger partial charge in [0.1, 0.15) is 12.7 Å². The van der Waals surface area contributed by atoms with E-state index < -0.39 is 59.6 Å². The highest BCUT2D eigenvalue weighted by Gasteiger charge is 2.36. The number of phosphoric ester groups is 2. The maximum absolute atomic E-state index is 12.7. The van der Waals surface area contributed by atoms with Crippen LogP contribution in [0.1, 0.15) is 181 Å². The van der Waals surface area contributed by atoms with Crippen LogP contribution in [0, 0.1) is 0 Å². The lowest BCUT2D eigenvalue weighted by Gasteiger charge is -2.20. The van der Waals surface area contributed by atoms with Crippen LogP contribution in [0.5, 0.6) is 0 Å². The normalized spacial score (nSPS) is 17.8. The van der Waals surface area contributed by atoms with E-state index in [9.17, 15) is 28.7 Å². The predicted molar refractivity (Wildman–Crippen MR) is 216 cm³/mol. The molecular weight excluding hydrogens is 766 g/mol. The Morgan fingerprint density at radius 1 is 0.607 bits per heavy atom. The summed E-state index contributed by atoms with van der Waals surface area (Å²) in [4.78, 5) is 52.7. The van der Waals surface area contributed by atoms with Crippen LogP contribution in [0.25, 0.3) is 0 Å². The van der Waals surface area contributed by atoms with Crippen molar-refractivity contribution in [1.29, 1.82) is 0 Å². The fourth-order valence-electron chi connectivity index (χ4n) is 6.18. The third-order valence-electron chi connectivity index (χ3n) is 9.57. The molecule has 1 saturated heterocycles. The van der Waals surface area contributed by atoms with Crippen LogP contribution in [0.4, 0.5) is 0 Å². The van der Waals surface area contributed by atoms with E-state index in [1.165, 1.54) is 77.0 Å². The van der Waals surface area contributed by atoms with E-state index in [4.69, 9.17) is 28.5 Å². The van der Waals surface area contributed by atoms with E-state index in [-0.39, 0.29) is 19.4 Å². The van der Waals surface area contributed by atoms with Crippen molar-refractivity contribution < 1.29 is 66.3 Å². The molecule has 1 fully saturated rings. The molecule has 0 aromatic carbocycles. The van der Waals surface area contributed by atoms with Gasteiger partial charge >= 0.3 is 27.6 Å². The number of esters is 2. The second-order valence-electron chi connectivity index (χ2n) is 15.0. The van der Waals surface area contributed by atoms with Crippen molar-refractivity contribution in [2.24, 2.45) is 0 Å². The van der Waals surface area contributed by atoms with Crippen LogP contribution >= 0.6 is 15.6 Å². The summed E-state index contributed by atoms with van der Waals surface area (Å²) in [6.07, 6.45) is 29.3. The van der Waals surface area contributed by atoms with Crippen molar-refractivity contribution in [3.8, 4) is 0 Å². The SMILES string of the molecule is CCCCC/C=C\CC1OC1CCCCCCCC(=O)O[C@H](COC(=O)CCCCCCCCCCCCCCC)COP(=O)(O)OC[C@@H](O)COP(=O)(O)O. The van der Waals surface area contributed by atoms with E-state index >= 15 is 0 Å². The van der Waals surface area contributed by atoms with E-state index in [1.54, 1.807) is 0 Å². The molecule has 14 nitrogen and oxygen atoms in total. The molecule has 0 radical (unpaired) electrons. The van der Waals surface area contributed by atoms with Gasteiger partial charge in [0.25, 0.3) is 0 Å². The number of phosphoric acid groups is 2. The van der Waals surface area contributed by atoms with Gasteiger partial charge in [0.15, 0.2) is 6.10 Å². The Bertz CT molecular complexity index is 1120. The molecule has 0 amide bonds. The molecule has 330 valence electrons. The fraction of sp³-hybridized carbons (Fsp3) is 0.900. The molecule has 5 atom stereocenters. The summed E-state index contributed by atoms with van der Waals surface area (Å²) in [6, 6.07) is 0. The van der Waals surface area contributed by atoms with Gasteiger partial charge in [-0.1, -0.05) is 142 Å². The Kier molecular flexibility index (Phi) is 31.7. The van der Waals surface area contributed by atoms with Crippen molar-refractivity contribution in [1.82, 2.24) is 0 Å². The monoisotopic (exact) mass is 842 g/mol. The van der Waals surface area contributed by atoms with Crippen molar-refractivity contribution in [2.75, 3.05) is 26.4 Å². The molecule has 0 aliphatic carbocycles. The molecule has 16 heteroatoms. The first kappa shape index (κ1) is 52.8. The molecule has 0 spiro atoms. The molecule has 0 aromatic rings. The summed E-state index contributed by atoms with van der Waals surface area (Å²) < 4.78 is 53.5. The van der Waals surface area contributed by atoms with E-state index in [0.717, 1.165) is 64.2 Å². The summed E-state index contributed by atoms with van der Waals surface area (Å²) in [5, 5.41) is 9.74. The number of aliphatic hydroxyl groups excluding tert-OH is 1. The molecule has 0 aromatic heterocycles. The average Bonchev–Trinajstić information content (AvgIpc) is 3.91. The van der Waals surface area contributed by atoms with Gasteiger partial charge in [0.2, 0.25) is 0 Å². The first-order valence-corrected chi connectivity index (χ1v) is 24.5. The number of rotatable bonds is 40. The van der Waals surface area contributed by atoms with Gasteiger partial charge in [-0.3, -0.25) is 23.2 Å². The van der Waals surface area contributed by atoms with Gasteiger partial charge in [0, 0.05) is 12.8 Å². The lowest BCUT2D eigenvalue weighted by atomic mass is 10.0. The Morgan fingerprint density at radius 3 is 1.70 bits per heavy atom. The molecule has 1 aliphatic rings. The molecule has 0 bridgehead atoms. The molecule has 4 N–H and O–H groups in total. The first-order valence-electron chi connectivity index (χ1n) is 21.5. The van der Waals surface area contributed by atoms with E-state index in [0.29, 0.717) is 25.0 Å². The standard InChI is InChI=1S/C40H76O14P2/c1-3-5-7-9-11-12-13-14-15-16-17-21-25-29-39(42)49-33-36(34-52-56(47,48)51-32-35(41)31-50-55(44,45)46)53-40(43)30-26-22-18-20-24-28-38-37(54-38)27-23-19-10-8-6-4-2/h19,23,35-38,41H,3-18,20-22,24-34H2,1-2H3,(H,47,48)(H2,44,45,46)/b23-19-/t35-,36+,37?,38?/m0/s1. The van der Waals surface area contributed by atoms with Gasteiger partial charge < -0.3 is 34.0 Å². The highest BCUT2D eigenvalue weighted by molar-refractivity contribution is 7.47. The Balaban J connectivity index is 2.37. The lowest BCUT2D eigenvalue weighted by Crippen LogP contribution is -2.30. The quantitative estimate of drug-likeness (QED) is 0.0149. The molecule has 0 saturated carbocycles. The zero-order valence-corrected chi connectivity index (χ0v) is 36.2. The number of carbonyl (C=O) groups is 2. The molecule has 3 unspecified atom stereocenters. The van der Waals surface area contributed by atoms with Gasteiger partial charge in [0.05, 0.1) is 32.0 Å². The van der Waals surface area contributed by atoms with Crippen molar-refractivity contribution in [3.63, 3.8) is 0 Å². The number of carbonyl (C=O) groups excluding carboxylic acids is 2. The topological polar surface area (TPSA) is 208 Å². The number of aliphatic hydroxyl groups is 1. The largest absolute Gasteiger partial charge is 0.472 e. The predicted octanol–water partition coefficient (Wildman–Crippen LogP) is 9.55.